The van der Waals surface area contributed by atoms with Crippen LogP contribution in [0.3, 0.4) is 0 Å². The number of nitrogens with zero attached hydrogens (tertiary/aromatic N) is 9. The third kappa shape index (κ3) is 10.1. The molecule has 0 saturated heterocycles. The normalized spacial score (nSPS) is 11.5. The summed E-state index contributed by atoms with van der Waals surface area (Å²) in [4.78, 5) is 38.1. The minimum Gasteiger partial charge on any atom is -0.308 e. The van der Waals surface area contributed by atoms with Crippen LogP contribution in [-0.4, -0.2) is 44.0 Å². The van der Waals surface area contributed by atoms with Gasteiger partial charge in [-0.3, -0.25) is 0 Å². The molecule has 0 aliphatic rings. The highest BCUT2D eigenvalue weighted by atomic mass is 15.1. The SMILES string of the molecule is Cc1ccc2c(c1)c1ccccc1n2-c1cc(-n2c3ccc(-c4ccccc4)cc3c3ccc(-c4cc(-c5ccccc5)nc(-c5ccccc5)c4)cc32)c(-c2nc(-c3ccccc3)nc(-c3ccccc3)n2)cc1-c1nc(-c2ccccc2)nc(-c2ccccc2)n1. The molecular formula is C84H55N9. The standard InChI is InChI=1S/C84H55N9/c1-54-41-45-74-67(47-54)65-39-23-24-40-73(65)92(74)77-53-78(93-75-46-43-62(55-25-9-2-10-26-55)48-68(75)66-44-42-63(51-76(66)93)64-49-71(56-27-11-3-12-28-56)85-72(50-64)57-29-13-4-14-30-57)70(84-90-81(60-35-19-7-20-36-60)87-82(91-84)61-37-21-8-22-38-61)52-69(77)83-88-79(58-31-15-5-16-32-58)86-80(89-83)59-33-17-6-18-34-59/h2-53H,1H3. The zero-order chi connectivity index (χ0) is 61.8. The lowest BCUT2D eigenvalue weighted by molar-refractivity contribution is 1.05. The van der Waals surface area contributed by atoms with Crippen molar-refractivity contribution in [3.05, 3.63) is 321 Å². The summed E-state index contributed by atoms with van der Waals surface area (Å²) in [5.41, 5.74) is 19.8. The lowest BCUT2D eigenvalue weighted by Gasteiger charge is -2.21. The molecule has 0 amide bonds. The quantitative estimate of drug-likeness (QED) is 0.120. The molecule has 12 aromatic carbocycles. The molecule has 5 heterocycles. The molecule has 0 aliphatic heterocycles. The highest BCUT2D eigenvalue weighted by Crippen LogP contribution is 2.45. The Hall–Kier alpha value is -12.6. The van der Waals surface area contributed by atoms with Crippen molar-refractivity contribution in [3.63, 3.8) is 0 Å². The molecular weight excluding hydrogens is 1130 g/mol. The van der Waals surface area contributed by atoms with Crippen molar-refractivity contribution in [2.24, 2.45) is 0 Å². The van der Waals surface area contributed by atoms with Crippen molar-refractivity contribution in [2.75, 3.05) is 0 Å². The summed E-state index contributed by atoms with van der Waals surface area (Å²) in [6, 6.07) is 110. The molecule has 17 rings (SSSR count). The van der Waals surface area contributed by atoms with Gasteiger partial charge in [-0.05, 0) is 89.8 Å². The minimum absolute atomic E-state index is 0.463. The summed E-state index contributed by atoms with van der Waals surface area (Å²) >= 11 is 0. The van der Waals surface area contributed by atoms with Gasteiger partial charge in [-0.2, -0.15) is 0 Å². The van der Waals surface area contributed by atoms with Crippen LogP contribution in [0.15, 0.2) is 315 Å². The fourth-order valence-electron chi connectivity index (χ4n) is 13.0. The third-order valence-corrected chi connectivity index (χ3v) is 17.5. The number of para-hydroxylation sites is 1. The van der Waals surface area contributed by atoms with E-state index in [1.165, 1.54) is 0 Å². The number of pyridine rings is 1. The monoisotopic (exact) mass is 1190 g/mol. The summed E-state index contributed by atoms with van der Waals surface area (Å²) < 4.78 is 4.81. The number of benzene rings is 12. The van der Waals surface area contributed by atoms with Crippen molar-refractivity contribution in [1.82, 2.24) is 44.0 Å². The second-order valence-electron chi connectivity index (χ2n) is 23.4. The second-order valence-corrected chi connectivity index (χ2v) is 23.4. The summed E-state index contributed by atoms with van der Waals surface area (Å²) in [5, 5.41) is 4.39. The molecule has 0 N–H and O–H groups in total. The third-order valence-electron chi connectivity index (χ3n) is 17.5. The Bertz CT molecular complexity index is 5490. The summed E-state index contributed by atoms with van der Waals surface area (Å²) in [5.74, 6) is 3.08. The van der Waals surface area contributed by atoms with E-state index in [0.29, 0.717) is 34.9 Å². The van der Waals surface area contributed by atoms with Crippen LogP contribution < -0.4 is 0 Å². The molecule has 0 atom stereocenters. The van der Waals surface area contributed by atoms with Crippen molar-refractivity contribution in [2.45, 2.75) is 6.92 Å². The average Bonchev–Trinajstić information content (AvgIpc) is 1.61. The van der Waals surface area contributed by atoms with E-state index in [1.807, 2.05) is 84.9 Å². The van der Waals surface area contributed by atoms with Gasteiger partial charge in [0.25, 0.3) is 0 Å². The van der Waals surface area contributed by atoms with Crippen LogP contribution in [0.4, 0.5) is 0 Å². The number of hydrogen-bond donors (Lipinski definition) is 0. The van der Waals surface area contributed by atoms with Gasteiger partial charge in [0.15, 0.2) is 34.9 Å². The smallest absolute Gasteiger partial charge is 0.166 e. The van der Waals surface area contributed by atoms with Gasteiger partial charge in [-0.25, -0.2) is 34.9 Å². The molecule has 5 aromatic heterocycles. The predicted octanol–water partition coefficient (Wildman–Crippen LogP) is 20.6. The van der Waals surface area contributed by atoms with Gasteiger partial charge in [0, 0.05) is 66.1 Å². The maximum Gasteiger partial charge on any atom is 0.166 e. The molecule has 17 aromatic rings. The lowest BCUT2D eigenvalue weighted by Crippen LogP contribution is -2.08. The summed E-state index contributed by atoms with van der Waals surface area (Å²) in [6.07, 6.45) is 0. The summed E-state index contributed by atoms with van der Waals surface area (Å²) in [7, 11) is 0. The highest BCUT2D eigenvalue weighted by Gasteiger charge is 2.28. The molecule has 0 unspecified atom stereocenters. The van der Waals surface area contributed by atoms with E-state index in [2.05, 4.69) is 247 Å². The molecule has 436 valence electrons. The Morgan fingerprint density at radius 1 is 0.204 bits per heavy atom. The summed E-state index contributed by atoms with van der Waals surface area (Å²) in [6.45, 7) is 2.16. The first kappa shape index (κ1) is 54.6. The van der Waals surface area contributed by atoms with Gasteiger partial charge >= 0.3 is 0 Å². The van der Waals surface area contributed by atoms with E-state index in [-0.39, 0.29) is 0 Å². The van der Waals surface area contributed by atoms with Crippen molar-refractivity contribution in [1.29, 1.82) is 0 Å². The molecule has 9 nitrogen and oxygen atoms in total. The van der Waals surface area contributed by atoms with Crippen LogP contribution in [0.1, 0.15) is 5.56 Å². The fourth-order valence-corrected chi connectivity index (χ4v) is 13.0. The van der Waals surface area contributed by atoms with Gasteiger partial charge in [-0.15, -0.1) is 0 Å². The maximum atomic E-state index is 5.59. The van der Waals surface area contributed by atoms with Crippen molar-refractivity contribution >= 4 is 43.6 Å². The average molecular weight is 1190 g/mol. The zero-order valence-electron chi connectivity index (χ0n) is 50.5. The molecule has 0 bridgehead atoms. The van der Waals surface area contributed by atoms with E-state index in [1.54, 1.807) is 0 Å². The van der Waals surface area contributed by atoms with E-state index >= 15 is 0 Å². The minimum atomic E-state index is 0.463. The van der Waals surface area contributed by atoms with Crippen LogP contribution in [0, 0.1) is 6.92 Å². The maximum absolute atomic E-state index is 5.59. The van der Waals surface area contributed by atoms with Gasteiger partial charge in [0.2, 0.25) is 0 Å². The van der Waals surface area contributed by atoms with E-state index in [0.717, 1.165) is 139 Å². The zero-order valence-corrected chi connectivity index (χ0v) is 50.5. The number of fused-ring (bicyclic) bond motifs is 6. The molecule has 0 spiro atoms. The van der Waals surface area contributed by atoms with Gasteiger partial charge in [-0.1, -0.05) is 260 Å². The van der Waals surface area contributed by atoms with Crippen LogP contribution in [0.25, 0.3) is 168 Å². The molecule has 0 fully saturated rings. The molecule has 0 aliphatic carbocycles. The lowest BCUT2D eigenvalue weighted by atomic mass is 9.98. The molecule has 9 heteroatoms. The first-order chi connectivity index (χ1) is 46.0. The van der Waals surface area contributed by atoms with Crippen LogP contribution in [0.5, 0.6) is 0 Å². The molecule has 93 heavy (non-hydrogen) atoms. The predicted molar refractivity (Wildman–Crippen MR) is 379 cm³/mol. The fraction of sp³-hybridized carbons (Fsp3) is 0.0119. The first-order valence-corrected chi connectivity index (χ1v) is 31.2. The van der Waals surface area contributed by atoms with Gasteiger partial charge < -0.3 is 9.13 Å². The van der Waals surface area contributed by atoms with Gasteiger partial charge in [0.05, 0.1) is 44.8 Å². The van der Waals surface area contributed by atoms with E-state index in [9.17, 15) is 0 Å². The largest absolute Gasteiger partial charge is 0.308 e. The number of aryl methyl sites for hydroxylation is 1. The number of hydrogen-bond acceptors (Lipinski definition) is 7. The van der Waals surface area contributed by atoms with Crippen LogP contribution in [-0.2, 0) is 0 Å². The number of aromatic nitrogens is 9. The Kier molecular flexibility index (Phi) is 13.5. The highest BCUT2D eigenvalue weighted by molar-refractivity contribution is 6.13. The van der Waals surface area contributed by atoms with Crippen LogP contribution >= 0.6 is 0 Å². The number of rotatable bonds is 12. The van der Waals surface area contributed by atoms with E-state index in [4.69, 9.17) is 34.9 Å². The first-order valence-electron chi connectivity index (χ1n) is 31.2. The molecule has 0 saturated carbocycles. The Labute approximate surface area is 537 Å². The molecule has 0 radical (unpaired) electrons. The van der Waals surface area contributed by atoms with Crippen molar-refractivity contribution in [3.8, 4) is 124 Å². The Morgan fingerprint density at radius 2 is 0.559 bits per heavy atom. The van der Waals surface area contributed by atoms with Gasteiger partial charge in [0.1, 0.15) is 0 Å². The van der Waals surface area contributed by atoms with E-state index < -0.39 is 0 Å². The van der Waals surface area contributed by atoms with Crippen LogP contribution in [0.2, 0.25) is 0 Å². The Morgan fingerprint density at radius 3 is 1.04 bits per heavy atom. The second kappa shape index (κ2) is 23.1. The topological polar surface area (TPSA) is 100 Å². The Balaban J connectivity index is 1.04. The van der Waals surface area contributed by atoms with Crippen molar-refractivity contribution < 1.29 is 0 Å².